The summed E-state index contributed by atoms with van der Waals surface area (Å²) >= 11 is 0. The lowest BCUT2D eigenvalue weighted by Gasteiger charge is -2.25. The normalized spacial score (nSPS) is 18.6. The average Bonchev–Trinajstić information content (AvgIpc) is 3.02. The molecule has 1 fully saturated rings. The molecule has 0 aliphatic heterocycles. The molecule has 1 aromatic carbocycles. The molecule has 32 heavy (non-hydrogen) atoms. The third-order valence-electron chi connectivity index (χ3n) is 6.34. The molecule has 1 aromatic heterocycles. The van der Waals surface area contributed by atoms with Crippen LogP contribution in [0.1, 0.15) is 62.8 Å². The molecule has 3 rings (SSSR count). The van der Waals surface area contributed by atoms with Gasteiger partial charge in [-0.3, -0.25) is 4.79 Å². The van der Waals surface area contributed by atoms with Gasteiger partial charge in [-0.05, 0) is 82.7 Å². The van der Waals surface area contributed by atoms with E-state index in [-0.39, 0.29) is 11.9 Å². The lowest BCUT2D eigenvalue weighted by atomic mass is 10.0. The summed E-state index contributed by atoms with van der Waals surface area (Å²) in [5.74, 6) is 0.884. The van der Waals surface area contributed by atoms with E-state index in [2.05, 4.69) is 41.4 Å². The lowest BCUT2D eigenvalue weighted by molar-refractivity contribution is -0.148. The Kier molecular flexibility index (Phi) is 8.37. The Hall–Kier alpha value is -2.76. The molecule has 6 heteroatoms. The third kappa shape index (κ3) is 6.15. The van der Waals surface area contributed by atoms with E-state index in [1.165, 1.54) is 5.56 Å². The Morgan fingerprint density at radius 2 is 1.91 bits per heavy atom. The number of anilines is 3. The molecule has 0 saturated heterocycles. The standard InChI is InChI=1S/C26H38N4O2/c1-5-30(25-24(27)18(3)16-19(4)28-25)17-20-10-13-23(14-11-20)29-22-9-7-8-21(12-15-22)26(31)32-6-2/h10-11,13-14,16,21-22,29H,5-9,12,15,17,27H2,1-4H3. The van der Waals surface area contributed by atoms with Gasteiger partial charge in [-0.15, -0.1) is 0 Å². The van der Waals surface area contributed by atoms with Crippen LogP contribution in [0.15, 0.2) is 30.3 Å². The van der Waals surface area contributed by atoms with Crippen molar-refractivity contribution in [3.8, 4) is 0 Å². The number of ether oxygens (including phenoxy) is 1. The van der Waals surface area contributed by atoms with Crippen molar-refractivity contribution in [2.24, 2.45) is 5.92 Å². The maximum atomic E-state index is 12.1. The largest absolute Gasteiger partial charge is 0.466 e. The third-order valence-corrected chi connectivity index (χ3v) is 6.34. The SMILES string of the molecule is CCOC(=O)C1CCCC(Nc2ccc(CN(CC)c3nc(C)cc(C)c3N)cc2)CC1. The molecule has 0 spiro atoms. The lowest BCUT2D eigenvalue weighted by Crippen LogP contribution is -2.25. The first-order valence-corrected chi connectivity index (χ1v) is 11.9. The highest BCUT2D eigenvalue weighted by molar-refractivity contribution is 5.72. The maximum absolute atomic E-state index is 12.1. The first-order chi connectivity index (χ1) is 15.4. The van der Waals surface area contributed by atoms with Crippen molar-refractivity contribution < 1.29 is 9.53 Å². The van der Waals surface area contributed by atoms with Crippen LogP contribution in [0, 0.1) is 19.8 Å². The van der Waals surface area contributed by atoms with E-state index in [9.17, 15) is 4.79 Å². The fourth-order valence-electron chi connectivity index (χ4n) is 4.51. The molecule has 174 valence electrons. The zero-order valence-electron chi connectivity index (χ0n) is 20.0. The predicted octanol–water partition coefficient (Wildman–Crippen LogP) is 5.23. The van der Waals surface area contributed by atoms with Gasteiger partial charge in [0.2, 0.25) is 0 Å². The van der Waals surface area contributed by atoms with Gasteiger partial charge in [0, 0.05) is 30.5 Å². The smallest absolute Gasteiger partial charge is 0.308 e. The van der Waals surface area contributed by atoms with Crippen LogP contribution in [-0.4, -0.2) is 30.1 Å². The number of benzene rings is 1. The number of nitrogens with two attached hydrogens (primary N) is 1. The van der Waals surface area contributed by atoms with Gasteiger partial charge in [-0.25, -0.2) is 4.98 Å². The minimum absolute atomic E-state index is 0.0306. The number of aryl methyl sites for hydroxylation is 2. The highest BCUT2D eigenvalue weighted by Crippen LogP contribution is 2.28. The monoisotopic (exact) mass is 438 g/mol. The number of hydrogen-bond acceptors (Lipinski definition) is 6. The molecule has 2 atom stereocenters. The summed E-state index contributed by atoms with van der Waals surface area (Å²) in [5.41, 5.74) is 11.5. The fraction of sp³-hybridized carbons (Fsp3) is 0.538. The zero-order chi connectivity index (χ0) is 23.1. The van der Waals surface area contributed by atoms with Crippen LogP contribution < -0.4 is 16.0 Å². The quantitative estimate of drug-likeness (QED) is 0.434. The number of nitrogens with zero attached hydrogens (tertiary/aromatic N) is 2. The second-order valence-corrected chi connectivity index (χ2v) is 8.83. The fourth-order valence-corrected chi connectivity index (χ4v) is 4.51. The van der Waals surface area contributed by atoms with E-state index in [1.54, 1.807) is 0 Å². The van der Waals surface area contributed by atoms with Crippen LogP contribution in [0.4, 0.5) is 17.2 Å². The predicted molar refractivity (Wildman–Crippen MR) is 132 cm³/mol. The number of carbonyl (C=O) groups excluding carboxylic acids is 1. The van der Waals surface area contributed by atoms with Crippen molar-refractivity contribution in [1.29, 1.82) is 0 Å². The highest BCUT2D eigenvalue weighted by Gasteiger charge is 2.25. The van der Waals surface area contributed by atoms with Crippen LogP contribution >= 0.6 is 0 Å². The molecule has 2 unspecified atom stereocenters. The van der Waals surface area contributed by atoms with Gasteiger partial charge in [-0.1, -0.05) is 18.6 Å². The van der Waals surface area contributed by atoms with Crippen molar-refractivity contribution in [1.82, 2.24) is 4.98 Å². The summed E-state index contributed by atoms with van der Waals surface area (Å²) in [6.45, 7) is 10.1. The number of esters is 1. The number of nitrogen functional groups attached to an aromatic ring is 1. The molecule has 1 aliphatic carbocycles. The zero-order valence-corrected chi connectivity index (χ0v) is 20.0. The van der Waals surface area contributed by atoms with E-state index in [0.29, 0.717) is 12.6 Å². The second-order valence-electron chi connectivity index (χ2n) is 8.83. The van der Waals surface area contributed by atoms with Crippen LogP contribution in [-0.2, 0) is 16.1 Å². The van der Waals surface area contributed by atoms with Crippen molar-refractivity contribution in [3.05, 3.63) is 47.2 Å². The Balaban J connectivity index is 1.60. The number of rotatable bonds is 8. The Labute approximate surface area is 192 Å². The average molecular weight is 439 g/mol. The highest BCUT2D eigenvalue weighted by atomic mass is 16.5. The molecular weight excluding hydrogens is 400 g/mol. The van der Waals surface area contributed by atoms with E-state index >= 15 is 0 Å². The van der Waals surface area contributed by atoms with Gasteiger partial charge in [0.15, 0.2) is 5.82 Å². The summed E-state index contributed by atoms with van der Waals surface area (Å²) < 4.78 is 5.22. The molecule has 1 aliphatic rings. The summed E-state index contributed by atoms with van der Waals surface area (Å²) in [6, 6.07) is 11.1. The van der Waals surface area contributed by atoms with Crippen LogP contribution in [0.2, 0.25) is 0 Å². The molecule has 0 amide bonds. The van der Waals surface area contributed by atoms with Crippen LogP contribution in [0.25, 0.3) is 0 Å². The van der Waals surface area contributed by atoms with E-state index < -0.39 is 0 Å². The maximum Gasteiger partial charge on any atom is 0.308 e. The minimum Gasteiger partial charge on any atom is -0.466 e. The van der Waals surface area contributed by atoms with Gasteiger partial charge in [-0.2, -0.15) is 0 Å². The summed E-state index contributed by atoms with van der Waals surface area (Å²) in [6.07, 6.45) is 4.95. The van der Waals surface area contributed by atoms with Crippen molar-refractivity contribution in [2.45, 2.75) is 72.4 Å². The Morgan fingerprint density at radius 3 is 2.59 bits per heavy atom. The molecule has 2 aromatic rings. The van der Waals surface area contributed by atoms with Crippen LogP contribution in [0.5, 0.6) is 0 Å². The molecule has 0 bridgehead atoms. The van der Waals surface area contributed by atoms with Crippen molar-refractivity contribution >= 4 is 23.2 Å². The Bertz CT molecular complexity index is 897. The number of carbonyl (C=O) groups is 1. The van der Waals surface area contributed by atoms with E-state index in [4.69, 9.17) is 15.5 Å². The number of hydrogen-bond donors (Lipinski definition) is 2. The van der Waals surface area contributed by atoms with Gasteiger partial charge >= 0.3 is 5.97 Å². The van der Waals surface area contributed by atoms with Gasteiger partial charge in [0.1, 0.15) is 0 Å². The number of aromatic nitrogens is 1. The first-order valence-electron chi connectivity index (χ1n) is 11.9. The minimum atomic E-state index is -0.0306. The number of pyridine rings is 1. The van der Waals surface area contributed by atoms with Gasteiger partial charge in [0.05, 0.1) is 18.2 Å². The summed E-state index contributed by atoms with van der Waals surface area (Å²) in [4.78, 5) is 19.0. The first kappa shape index (κ1) is 23.9. The topological polar surface area (TPSA) is 80.5 Å². The van der Waals surface area contributed by atoms with E-state index in [1.807, 2.05) is 26.8 Å². The van der Waals surface area contributed by atoms with Crippen molar-refractivity contribution in [2.75, 3.05) is 29.1 Å². The van der Waals surface area contributed by atoms with Gasteiger partial charge < -0.3 is 20.7 Å². The molecule has 6 nitrogen and oxygen atoms in total. The van der Waals surface area contributed by atoms with E-state index in [0.717, 1.165) is 73.6 Å². The Morgan fingerprint density at radius 1 is 1.16 bits per heavy atom. The molecular formula is C26H38N4O2. The van der Waals surface area contributed by atoms with Crippen molar-refractivity contribution in [3.63, 3.8) is 0 Å². The van der Waals surface area contributed by atoms with Gasteiger partial charge in [0.25, 0.3) is 0 Å². The number of nitrogens with one attached hydrogen (secondary N) is 1. The summed E-state index contributed by atoms with van der Waals surface area (Å²) in [7, 11) is 0. The second kappa shape index (κ2) is 11.2. The molecule has 3 N–H and O–H groups in total. The molecule has 1 heterocycles. The van der Waals surface area contributed by atoms with Crippen LogP contribution in [0.3, 0.4) is 0 Å². The molecule has 0 radical (unpaired) electrons. The summed E-state index contributed by atoms with van der Waals surface area (Å²) in [5, 5.41) is 3.66. The molecule has 1 saturated carbocycles.